The van der Waals surface area contributed by atoms with Crippen molar-refractivity contribution in [2.45, 2.75) is 25.4 Å². The van der Waals surface area contributed by atoms with Crippen LogP contribution in [0.15, 0.2) is 0 Å². The van der Waals surface area contributed by atoms with Gasteiger partial charge in [-0.15, -0.1) is 0 Å². The van der Waals surface area contributed by atoms with Crippen molar-refractivity contribution in [1.29, 1.82) is 0 Å². The van der Waals surface area contributed by atoms with Crippen molar-refractivity contribution in [3.63, 3.8) is 0 Å². The Hall–Kier alpha value is -0.650. The van der Waals surface area contributed by atoms with E-state index in [1.54, 1.807) is 0 Å². The van der Waals surface area contributed by atoms with Crippen LogP contribution in [-0.2, 0) is 9.53 Å². The van der Waals surface area contributed by atoms with Gasteiger partial charge in [-0.25, -0.2) is 0 Å². The molecule has 0 aromatic rings. The first kappa shape index (κ1) is 13.4. The molecule has 0 bridgehead atoms. The highest BCUT2D eigenvalue weighted by atomic mass is 16.5. The lowest BCUT2D eigenvalue weighted by molar-refractivity contribution is -0.142. The topological polar surface area (TPSA) is 58.8 Å². The zero-order chi connectivity index (χ0) is 12.1. The maximum Gasteiger partial charge on any atom is 0.322 e. The molecule has 16 heavy (non-hydrogen) atoms. The number of methoxy groups -OCH3 is 1. The number of ether oxygens (including phenoxy) is 1. The average molecular weight is 229 g/mol. The van der Waals surface area contributed by atoms with Gasteiger partial charge in [0.15, 0.2) is 0 Å². The number of carbonyl (C=O) groups excluding carboxylic acids is 1. The number of piperazine rings is 1. The molecular weight excluding hydrogens is 206 g/mol. The molecule has 2 atom stereocenters. The van der Waals surface area contributed by atoms with E-state index in [0.717, 1.165) is 26.2 Å². The van der Waals surface area contributed by atoms with Crippen molar-refractivity contribution >= 4 is 5.97 Å². The van der Waals surface area contributed by atoms with Crippen molar-refractivity contribution in [3.05, 3.63) is 0 Å². The van der Waals surface area contributed by atoms with E-state index in [1.807, 2.05) is 0 Å². The molecule has 0 aromatic carbocycles. The van der Waals surface area contributed by atoms with Gasteiger partial charge in [-0.1, -0.05) is 0 Å². The summed E-state index contributed by atoms with van der Waals surface area (Å²) in [6, 6.07) is 0.0421. The molecule has 0 saturated carbocycles. The van der Waals surface area contributed by atoms with Crippen molar-refractivity contribution in [2.24, 2.45) is 5.73 Å². The highest BCUT2D eigenvalue weighted by molar-refractivity contribution is 5.75. The second-order valence-electron chi connectivity index (χ2n) is 4.57. The molecule has 2 N–H and O–H groups in total. The monoisotopic (exact) mass is 229 g/mol. The molecular formula is C11H23N3O2. The summed E-state index contributed by atoms with van der Waals surface area (Å²) < 4.78 is 4.61. The van der Waals surface area contributed by atoms with Crippen LogP contribution in [0, 0.1) is 0 Å². The second-order valence-corrected chi connectivity index (χ2v) is 4.57. The van der Waals surface area contributed by atoms with Crippen molar-refractivity contribution in [3.8, 4) is 0 Å². The minimum Gasteiger partial charge on any atom is -0.468 e. The molecule has 5 heteroatoms. The number of hydrogen-bond donors (Lipinski definition) is 1. The van der Waals surface area contributed by atoms with Gasteiger partial charge in [-0.3, -0.25) is 9.69 Å². The van der Waals surface area contributed by atoms with Crippen LogP contribution in [0.4, 0.5) is 0 Å². The van der Waals surface area contributed by atoms with E-state index in [2.05, 4.69) is 28.5 Å². The molecule has 1 saturated heterocycles. The van der Waals surface area contributed by atoms with Crippen LogP contribution in [-0.4, -0.2) is 68.2 Å². The molecule has 1 fully saturated rings. The van der Waals surface area contributed by atoms with Gasteiger partial charge in [0.05, 0.1) is 7.11 Å². The van der Waals surface area contributed by atoms with Crippen molar-refractivity contribution in [1.82, 2.24) is 9.80 Å². The maximum absolute atomic E-state index is 11.1. The molecule has 1 heterocycles. The Balaban J connectivity index is 2.29. The third kappa shape index (κ3) is 3.73. The molecule has 1 aliphatic rings. The average Bonchev–Trinajstić information content (AvgIpc) is 2.26. The van der Waals surface area contributed by atoms with E-state index < -0.39 is 6.04 Å². The van der Waals surface area contributed by atoms with Crippen LogP contribution in [0.5, 0.6) is 0 Å². The van der Waals surface area contributed by atoms with Gasteiger partial charge in [-0.05, 0) is 20.4 Å². The normalized spacial score (nSPS) is 25.4. The van der Waals surface area contributed by atoms with E-state index in [1.165, 1.54) is 7.11 Å². The molecule has 0 amide bonds. The van der Waals surface area contributed by atoms with Gasteiger partial charge in [0.2, 0.25) is 0 Å². The van der Waals surface area contributed by atoms with Crippen LogP contribution in [0.25, 0.3) is 0 Å². The third-order valence-electron chi connectivity index (χ3n) is 3.20. The van der Waals surface area contributed by atoms with Crippen LogP contribution in [0.3, 0.4) is 0 Å². The molecule has 2 unspecified atom stereocenters. The number of esters is 1. The van der Waals surface area contributed by atoms with Crippen molar-refractivity contribution < 1.29 is 9.53 Å². The molecule has 5 nitrogen and oxygen atoms in total. The Morgan fingerprint density at radius 2 is 2.25 bits per heavy atom. The first-order valence-corrected chi connectivity index (χ1v) is 5.80. The Bertz CT molecular complexity index is 235. The zero-order valence-electron chi connectivity index (χ0n) is 10.5. The van der Waals surface area contributed by atoms with E-state index in [0.29, 0.717) is 12.5 Å². The number of nitrogens with two attached hydrogens (primary N) is 1. The zero-order valence-corrected chi connectivity index (χ0v) is 10.5. The van der Waals surface area contributed by atoms with Crippen LogP contribution in [0.1, 0.15) is 13.3 Å². The number of hydrogen-bond acceptors (Lipinski definition) is 5. The summed E-state index contributed by atoms with van der Waals surface area (Å²) in [4.78, 5) is 15.8. The Morgan fingerprint density at radius 1 is 1.56 bits per heavy atom. The third-order valence-corrected chi connectivity index (χ3v) is 3.20. The molecule has 0 aromatic heterocycles. The summed E-state index contributed by atoms with van der Waals surface area (Å²) in [5, 5.41) is 0. The number of likely N-dealkylation sites (N-methyl/N-ethyl adjacent to an activating group) is 1. The highest BCUT2D eigenvalue weighted by Crippen LogP contribution is 2.08. The Labute approximate surface area is 97.5 Å². The lowest BCUT2D eigenvalue weighted by Crippen LogP contribution is -2.51. The number of nitrogens with zero attached hydrogens (tertiary/aromatic N) is 2. The van der Waals surface area contributed by atoms with E-state index in [9.17, 15) is 4.79 Å². The van der Waals surface area contributed by atoms with Gasteiger partial charge in [0, 0.05) is 32.2 Å². The van der Waals surface area contributed by atoms with Crippen LogP contribution in [0.2, 0.25) is 0 Å². The SMILES string of the molecule is COC(=O)C(N)CCN1CCN(C)CC1C. The number of rotatable bonds is 4. The predicted molar refractivity (Wildman–Crippen MR) is 63.1 cm³/mol. The summed E-state index contributed by atoms with van der Waals surface area (Å²) in [5.41, 5.74) is 5.71. The minimum absolute atomic E-state index is 0.318. The summed E-state index contributed by atoms with van der Waals surface area (Å²) in [6.45, 7) is 6.28. The van der Waals surface area contributed by atoms with Gasteiger partial charge in [0.25, 0.3) is 0 Å². The predicted octanol–water partition coefficient (Wildman–Crippen LogP) is -0.487. The molecule has 0 radical (unpaired) electrons. The molecule has 1 rings (SSSR count). The van der Waals surface area contributed by atoms with Gasteiger partial charge in [-0.2, -0.15) is 0 Å². The molecule has 0 spiro atoms. The van der Waals surface area contributed by atoms with Gasteiger partial charge < -0.3 is 15.4 Å². The minimum atomic E-state index is -0.489. The lowest BCUT2D eigenvalue weighted by atomic mass is 10.1. The van der Waals surface area contributed by atoms with Crippen LogP contribution >= 0.6 is 0 Å². The largest absolute Gasteiger partial charge is 0.468 e. The quantitative estimate of drug-likeness (QED) is 0.659. The number of carbonyl (C=O) groups is 1. The van der Waals surface area contributed by atoms with E-state index in [-0.39, 0.29) is 5.97 Å². The van der Waals surface area contributed by atoms with E-state index >= 15 is 0 Å². The lowest BCUT2D eigenvalue weighted by Gasteiger charge is -2.38. The smallest absolute Gasteiger partial charge is 0.322 e. The Morgan fingerprint density at radius 3 is 2.81 bits per heavy atom. The molecule has 1 aliphatic heterocycles. The molecule has 94 valence electrons. The fourth-order valence-corrected chi connectivity index (χ4v) is 2.08. The van der Waals surface area contributed by atoms with E-state index in [4.69, 9.17) is 5.73 Å². The first-order chi connectivity index (χ1) is 7.54. The fraction of sp³-hybridized carbons (Fsp3) is 0.909. The first-order valence-electron chi connectivity index (χ1n) is 5.80. The highest BCUT2D eigenvalue weighted by Gasteiger charge is 2.22. The molecule has 0 aliphatic carbocycles. The summed E-state index contributed by atoms with van der Waals surface area (Å²) in [6.07, 6.45) is 0.667. The van der Waals surface area contributed by atoms with Gasteiger partial charge in [0.1, 0.15) is 6.04 Å². The van der Waals surface area contributed by atoms with Crippen molar-refractivity contribution in [2.75, 3.05) is 40.3 Å². The standard InChI is InChI=1S/C11H23N3O2/c1-9-8-13(2)6-7-14(9)5-4-10(12)11(15)16-3/h9-10H,4-8,12H2,1-3H3. The summed E-state index contributed by atoms with van der Waals surface area (Å²) in [7, 11) is 3.51. The Kier molecular flexibility index (Phi) is 5.18. The second kappa shape index (κ2) is 6.18. The van der Waals surface area contributed by atoms with Gasteiger partial charge >= 0.3 is 5.97 Å². The fourth-order valence-electron chi connectivity index (χ4n) is 2.08. The van der Waals surface area contributed by atoms with Crippen LogP contribution < -0.4 is 5.73 Å². The summed E-state index contributed by atoms with van der Waals surface area (Å²) >= 11 is 0. The summed E-state index contributed by atoms with van der Waals surface area (Å²) in [5.74, 6) is -0.318. The maximum atomic E-state index is 11.1.